The maximum atomic E-state index is 13.6. The number of nitrogens with zero attached hydrogens (tertiary/aromatic N) is 3. The number of fused-ring (bicyclic) bond motifs is 2. The molecule has 0 radical (unpaired) electrons. The summed E-state index contributed by atoms with van der Waals surface area (Å²) in [6.45, 7) is 8.35. The van der Waals surface area contributed by atoms with Gasteiger partial charge in [0.25, 0.3) is 5.91 Å². The number of carbonyl (C=O) groups is 2. The van der Waals surface area contributed by atoms with E-state index in [0.717, 1.165) is 59.0 Å². The molecule has 28 heavy (non-hydrogen) atoms. The van der Waals surface area contributed by atoms with Crippen molar-refractivity contribution in [1.82, 2.24) is 14.8 Å². The van der Waals surface area contributed by atoms with Crippen molar-refractivity contribution in [2.45, 2.75) is 46.5 Å². The lowest BCUT2D eigenvalue weighted by atomic mass is 9.89. The van der Waals surface area contributed by atoms with Crippen LogP contribution in [0.2, 0.25) is 0 Å². The van der Waals surface area contributed by atoms with Gasteiger partial charge in [0.2, 0.25) is 5.91 Å². The standard InChI is InChI=1S/C23H29N3O2/c1-15(2)22(27)25-10-12-26(13-11-25)23(28)21-17-6-4-5-7-19(17)24-20-9-8-16(3)14-18(20)21/h8-9,14-15H,4-7,10-13H2,1-3H3. The highest BCUT2D eigenvalue weighted by atomic mass is 16.2. The van der Waals surface area contributed by atoms with Crippen molar-refractivity contribution in [2.75, 3.05) is 26.2 Å². The van der Waals surface area contributed by atoms with E-state index in [0.29, 0.717) is 26.2 Å². The van der Waals surface area contributed by atoms with E-state index in [2.05, 4.69) is 19.1 Å². The normalized spacial score (nSPS) is 17.1. The monoisotopic (exact) mass is 379 g/mol. The molecule has 0 unspecified atom stereocenters. The maximum absolute atomic E-state index is 13.6. The molecule has 148 valence electrons. The van der Waals surface area contributed by atoms with Crippen LogP contribution in [0.25, 0.3) is 10.9 Å². The molecule has 1 aliphatic carbocycles. The highest BCUT2D eigenvalue weighted by Gasteiger charge is 2.30. The van der Waals surface area contributed by atoms with Crippen LogP contribution in [0.1, 0.15) is 53.9 Å². The first kappa shape index (κ1) is 18.9. The van der Waals surface area contributed by atoms with E-state index in [9.17, 15) is 9.59 Å². The molecule has 1 aliphatic heterocycles. The van der Waals surface area contributed by atoms with Gasteiger partial charge in [-0.15, -0.1) is 0 Å². The number of hydrogen-bond donors (Lipinski definition) is 0. The van der Waals surface area contributed by atoms with Crippen LogP contribution in [0.5, 0.6) is 0 Å². The van der Waals surface area contributed by atoms with Gasteiger partial charge in [-0.2, -0.15) is 0 Å². The lowest BCUT2D eigenvalue weighted by molar-refractivity contribution is -0.135. The predicted molar refractivity (Wildman–Crippen MR) is 110 cm³/mol. The molecule has 2 aliphatic rings. The summed E-state index contributed by atoms with van der Waals surface area (Å²) in [5.41, 5.74) is 5.16. The Morgan fingerprint density at radius 1 is 1.00 bits per heavy atom. The van der Waals surface area contributed by atoms with Crippen LogP contribution in [0.4, 0.5) is 0 Å². The number of hydrogen-bond acceptors (Lipinski definition) is 3. The zero-order valence-electron chi connectivity index (χ0n) is 17.1. The summed E-state index contributed by atoms with van der Waals surface area (Å²) in [5.74, 6) is 0.281. The molecule has 1 fully saturated rings. The molecular formula is C23H29N3O2. The third kappa shape index (κ3) is 3.38. The first-order valence-electron chi connectivity index (χ1n) is 10.5. The number of benzene rings is 1. The first-order chi connectivity index (χ1) is 13.5. The van der Waals surface area contributed by atoms with Gasteiger partial charge in [-0.1, -0.05) is 25.5 Å². The molecule has 2 aromatic rings. The van der Waals surface area contributed by atoms with Crippen LogP contribution < -0.4 is 0 Å². The maximum Gasteiger partial charge on any atom is 0.255 e. The highest BCUT2D eigenvalue weighted by Crippen LogP contribution is 2.31. The summed E-state index contributed by atoms with van der Waals surface area (Å²) in [7, 11) is 0. The van der Waals surface area contributed by atoms with Crippen molar-refractivity contribution < 1.29 is 9.59 Å². The molecule has 2 heterocycles. The Hall–Kier alpha value is -2.43. The molecule has 5 heteroatoms. The van der Waals surface area contributed by atoms with Gasteiger partial charge in [-0.25, -0.2) is 0 Å². The van der Waals surface area contributed by atoms with E-state index in [4.69, 9.17) is 4.98 Å². The zero-order valence-corrected chi connectivity index (χ0v) is 17.1. The Labute approximate surface area is 166 Å². The Bertz CT molecular complexity index is 927. The molecule has 0 spiro atoms. The number of pyridine rings is 1. The molecule has 1 saturated heterocycles. The third-order valence-corrected chi connectivity index (χ3v) is 6.00. The van der Waals surface area contributed by atoms with Crippen molar-refractivity contribution in [3.05, 3.63) is 40.6 Å². The van der Waals surface area contributed by atoms with Crippen molar-refractivity contribution in [3.63, 3.8) is 0 Å². The molecule has 0 N–H and O–H groups in total. The highest BCUT2D eigenvalue weighted by molar-refractivity contribution is 6.08. The molecule has 1 aromatic heterocycles. The Kier molecular flexibility index (Phi) is 5.09. The smallest absolute Gasteiger partial charge is 0.255 e. The summed E-state index contributed by atoms with van der Waals surface area (Å²) in [6.07, 6.45) is 4.14. The summed E-state index contributed by atoms with van der Waals surface area (Å²) >= 11 is 0. The van der Waals surface area contributed by atoms with Gasteiger partial charge >= 0.3 is 0 Å². The van der Waals surface area contributed by atoms with Crippen molar-refractivity contribution in [1.29, 1.82) is 0 Å². The molecular weight excluding hydrogens is 350 g/mol. The largest absolute Gasteiger partial charge is 0.339 e. The zero-order chi connectivity index (χ0) is 19.8. The second-order valence-corrected chi connectivity index (χ2v) is 8.41. The van der Waals surface area contributed by atoms with Crippen LogP contribution in [-0.2, 0) is 17.6 Å². The third-order valence-electron chi connectivity index (χ3n) is 6.00. The van der Waals surface area contributed by atoms with Gasteiger partial charge in [0.05, 0.1) is 11.1 Å². The molecule has 5 nitrogen and oxygen atoms in total. The van der Waals surface area contributed by atoms with Gasteiger partial charge in [-0.05, 0) is 50.3 Å². The number of aryl methyl sites for hydroxylation is 2. The fourth-order valence-electron chi connectivity index (χ4n) is 4.44. The summed E-state index contributed by atoms with van der Waals surface area (Å²) in [5, 5.41) is 0.978. The van der Waals surface area contributed by atoms with Crippen LogP contribution in [0, 0.1) is 12.8 Å². The van der Waals surface area contributed by atoms with Crippen LogP contribution in [0.3, 0.4) is 0 Å². The van der Waals surface area contributed by atoms with Crippen molar-refractivity contribution in [2.24, 2.45) is 5.92 Å². The van der Waals surface area contributed by atoms with E-state index >= 15 is 0 Å². The molecule has 0 saturated carbocycles. The van der Waals surface area contributed by atoms with Crippen molar-refractivity contribution >= 4 is 22.7 Å². The van der Waals surface area contributed by atoms with Crippen LogP contribution in [-0.4, -0.2) is 52.8 Å². The van der Waals surface area contributed by atoms with E-state index in [1.807, 2.05) is 29.7 Å². The van der Waals surface area contributed by atoms with Gasteiger partial charge in [0.15, 0.2) is 0 Å². The predicted octanol–water partition coefficient (Wildman–Crippen LogP) is 3.36. The van der Waals surface area contributed by atoms with E-state index in [-0.39, 0.29) is 17.7 Å². The minimum absolute atomic E-state index is 0.00128. The van der Waals surface area contributed by atoms with Gasteiger partial charge in [0.1, 0.15) is 0 Å². The summed E-state index contributed by atoms with van der Waals surface area (Å²) in [4.78, 5) is 34.6. The van der Waals surface area contributed by atoms with E-state index in [1.165, 1.54) is 0 Å². The first-order valence-corrected chi connectivity index (χ1v) is 10.5. The summed E-state index contributed by atoms with van der Waals surface area (Å²) < 4.78 is 0. The average molecular weight is 380 g/mol. The van der Waals surface area contributed by atoms with Crippen molar-refractivity contribution in [3.8, 4) is 0 Å². The number of piperazine rings is 1. The lowest BCUT2D eigenvalue weighted by Crippen LogP contribution is -2.51. The number of aromatic nitrogens is 1. The fourth-order valence-corrected chi connectivity index (χ4v) is 4.44. The number of rotatable bonds is 2. The average Bonchev–Trinajstić information content (AvgIpc) is 2.71. The van der Waals surface area contributed by atoms with Gasteiger partial charge in [0, 0.05) is 43.2 Å². The van der Waals surface area contributed by atoms with Gasteiger partial charge in [-0.3, -0.25) is 14.6 Å². The Morgan fingerprint density at radius 2 is 1.68 bits per heavy atom. The topological polar surface area (TPSA) is 53.5 Å². The quantitative estimate of drug-likeness (QED) is 0.804. The minimum Gasteiger partial charge on any atom is -0.339 e. The Morgan fingerprint density at radius 3 is 2.39 bits per heavy atom. The minimum atomic E-state index is 0.00128. The molecule has 0 bridgehead atoms. The van der Waals surface area contributed by atoms with E-state index < -0.39 is 0 Å². The fraction of sp³-hybridized carbons (Fsp3) is 0.522. The number of amides is 2. The summed E-state index contributed by atoms with van der Waals surface area (Å²) in [6, 6.07) is 6.20. The SMILES string of the molecule is Cc1ccc2nc3c(c(C(=O)N4CCN(C(=O)C(C)C)CC4)c2c1)CCCC3. The van der Waals surface area contributed by atoms with Gasteiger partial charge < -0.3 is 9.80 Å². The van der Waals surface area contributed by atoms with Crippen LogP contribution >= 0.6 is 0 Å². The Balaban J connectivity index is 1.68. The van der Waals surface area contributed by atoms with Crippen LogP contribution in [0.15, 0.2) is 18.2 Å². The molecule has 2 amide bonds. The lowest BCUT2D eigenvalue weighted by Gasteiger charge is -2.36. The second kappa shape index (κ2) is 7.53. The molecule has 4 rings (SSSR count). The molecule has 1 aromatic carbocycles. The van der Waals surface area contributed by atoms with E-state index in [1.54, 1.807) is 0 Å². The molecule has 0 atom stereocenters. The second-order valence-electron chi connectivity index (χ2n) is 8.41. The number of carbonyl (C=O) groups excluding carboxylic acids is 2.